The van der Waals surface area contributed by atoms with Crippen molar-refractivity contribution in [3.63, 3.8) is 0 Å². The fourth-order valence-corrected chi connectivity index (χ4v) is 6.52. The highest BCUT2D eigenvalue weighted by atomic mass is 16.6. The van der Waals surface area contributed by atoms with Gasteiger partial charge in [0.25, 0.3) is 0 Å². The molecule has 0 saturated heterocycles. The van der Waals surface area contributed by atoms with Gasteiger partial charge in [-0.25, -0.2) is 0 Å². The molecule has 338 valence electrons. The molecule has 0 aromatic rings. The standard InChI is InChI=1S/C53H90O6/c1-4-7-10-13-16-18-20-22-24-26-28-30-32-34-37-40-43-46-52(55)58-49-50(48-57-51(54)45-42-39-36-15-12-9-6-3)59-53(56)47-44-41-38-35-33-31-29-27-25-23-21-19-17-14-11-8-5-2/h7,10,16-19,22-25,28,30,50H,4-6,8-9,11-15,20-21,26-27,29,31-49H2,1-3H3/b10-7-,18-16-,19-17-,24-22-,25-23-,30-28-. The van der Waals surface area contributed by atoms with Crippen LogP contribution in [-0.4, -0.2) is 37.2 Å². The monoisotopic (exact) mass is 823 g/mol. The van der Waals surface area contributed by atoms with Gasteiger partial charge in [-0.05, 0) is 89.9 Å². The second kappa shape index (κ2) is 47.5. The summed E-state index contributed by atoms with van der Waals surface area (Å²) in [6.45, 7) is 6.42. The Hall–Kier alpha value is -3.15. The van der Waals surface area contributed by atoms with Gasteiger partial charge in [-0.1, -0.05) is 190 Å². The zero-order valence-corrected chi connectivity index (χ0v) is 38.5. The van der Waals surface area contributed by atoms with Crippen LogP contribution in [0.15, 0.2) is 72.9 Å². The average Bonchev–Trinajstić information content (AvgIpc) is 3.23. The number of hydrogen-bond acceptors (Lipinski definition) is 6. The van der Waals surface area contributed by atoms with Gasteiger partial charge in [-0.3, -0.25) is 14.4 Å². The lowest BCUT2D eigenvalue weighted by atomic mass is 10.1. The number of allylic oxidation sites excluding steroid dienone is 12. The minimum atomic E-state index is -0.786. The highest BCUT2D eigenvalue weighted by Gasteiger charge is 2.19. The number of esters is 3. The Labute approximate surface area is 363 Å². The summed E-state index contributed by atoms with van der Waals surface area (Å²) in [5, 5.41) is 0. The van der Waals surface area contributed by atoms with Crippen molar-refractivity contribution in [3.05, 3.63) is 72.9 Å². The van der Waals surface area contributed by atoms with E-state index in [9.17, 15) is 14.4 Å². The molecule has 0 fully saturated rings. The van der Waals surface area contributed by atoms with Gasteiger partial charge >= 0.3 is 17.9 Å². The first kappa shape index (κ1) is 55.9. The number of hydrogen-bond donors (Lipinski definition) is 0. The van der Waals surface area contributed by atoms with Crippen molar-refractivity contribution in [2.45, 2.75) is 232 Å². The first-order valence-electron chi connectivity index (χ1n) is 24.4. The molecule has 0 saturated carbocycles. The molecule has 0 aromatic carbocycles. The molecule has 59 heavy (non-hydrogen) atoms. The maximum Gasteiger partial charge on any atom is 0.306 e. The van der Waals surface area contributed by atoms with E-state index < -0.39 is 6.10 Å². The fraction of sp³-hybridized carbons (Fsp3) is 0.717. The summed E-state index contributed by atoms with van der Waals surface area (Å²) >= 11 is 0. The van der Waals surface area contributed by atoms with Crippen molar-refractivity contribution < 1.29 is 28.6 Å². The molecule has 1 atom stereocenters. The molecular formula is C53H90O6. The first-order chi connectivity index (χ1) is 29.0. The van der Waals surface area contributed by atoms with E-state index in [1.165, 1.54) is 77.0 Å². The van der Waals surface area contributed by atoms with Gasteiger partial charge in [0.1, 0.15) is 13.2 Å². The quantitative estimate of drug-likeness (QED) is 0.0264. The van der Waals surface area contributed by atoms with Gasteiger partial charge in [-0.15, -0.1) is 0 Å². The van der Waals surface area contributed by atoms with E-state index in [1.54, 1.807) is 0 Å². The van der Waals surface area contributed by atoms with Crippen molar-refractivity contribution in [2.75, 3.05) is 13.2 Å². The van der Waals surface area contributed by atoms with Gasteiger partial charge in [-0.2, -0.15) is 0 Å². The molecule has 0 aliphatic rings. The zero-order valence-electron chi connectivity index (χ0n) is 38.5. The maximum atomic E-state index is 12.7. The lowest BCUT2D eigenvalue weighted by Crippen LogP contribution is -2.30. The molecule has 0 aliphatic heterocycles. The Bertz CT molecular complexity index is 1130. The lowest BCUT2D eigenvalue weighted by Gasteiger charge is -2.18. The molecule has 0 amide bonds. The SMILES string of the molecule is CC/C=C\C/C=C\C/C=C\C/C=C\CCCCCCC(=O)OCC(COC(=O)CCCCCCCCC)OC(=O)CCCCCCCCC/C=C\C/C=C\CCCCC. The van der Waals surface area contributed by atoms with Crippen LogP contribution in [0.5, 0.6) is 0 Å². The van der Waals surface area contributed by atoms with E-state index in [4.69, 9.17) is 14.2 Å². The van der Waals surface area contributed by atoms with E-state index >= 15 is 0 Å². The van der Waals surface area contributed by atoms with Gasteiger partial charge in [0.15, 0.2) is 6.10 Å². The van der Waals surface area contributed by atoms with Crippen molar-refractivity contribution in [3.8, 4) is 0 Å². The summed E-state index contributed by atoms with van der Waals surface area (Å²) in [4.78, 5) is 37.7. The maximum absolute atomic E-state index is 12.7. The van der Waals surface area contributed by atoms with Crippen molar-refractivity contribution in [1.29, 1.82) is 0 Å². The van der Waals surface area contributed by atoms with Crippen molar-refractivity contribution in [2.24, 2.45) is 0 Å². The van der Waals surface area contributed by atoms with Crippen LogP contribution in [0.2, 0.25) is 0 Å². The van der Waals surface area contributed by atoms with Gasteiger partial charge in [0.05, 0.1) is 0 Å². The first-order valence-corrected chi connectivity index (χ1v) is 24.4. The van der Waals surface area contributed by atoms with E-state index in [1.807, 2.05) is 0 Å². The van der Waals surface area contributed by atoms with Gasteiger partial charge in [0.2, 0.25) is 0 Å². The third-order valence-electron chi connectivity index (χ3n) is 10.2. The molecule has 6 heteroatoms. The van der Waals surface area contributed by atoms with Crippen molar-refractivity contribution >= 4 is 17.9 Å². The van der Waals surface area contributed by atoms with Crippen LogP contribution in [0, 0.1) is 0 Å². The predicted molar refractivity (Wildman–Crippen MR) is 251 cm³/mol. The van der Waals surface area contributed by atoms with Crippen LogP contribution in [0.4, 0.5) is 0 Å². The van der Waals surface area contributed by atoms with E-state index in [2.05, 4.69) is 93.7 Å². The fourth-order valence-electron chi connectivity index (χ4n) is 6.52. The van der Waals surface area contributed by atoms with E-state index in [0.29, 0.717) is 19.3 Å². The summed E-state index contributed by atoms with van der Waals surface area (Å²) in [5.74, 6) is -0.927. The Balaban J connectivity index is 4.34. The van der Waals surface area contributed by atoms with E-state index in [-0.39, 0.29) is 31.1 Å². The summed E-state index contributed by atoms with van der Waals surface area (Å²) in [7, 11) is 0. The number of rotatable bonds is 43. The van der Waals surface area contributed by atoms with Gasteiger partial charge in [0, 0.05) is 19.3 Å². The third kappa shape index (κ3) is 45.8. The summed E-state index contributed by atoms with van der Waals surface area (Å²) in [6.07, 6.45) is 58.9. The lowest BCUT2D eigenvalue weighted by molar-refractivity contribution is -0.167. The molecular weight excluding hydrogens is 733 g/mol. The molecule has 0 rings (SSSR count). The number of carbonyl (C=O) groups is 3. The molecule has 0 spiro atoms. The van der Waals surface area contributed by atoms with Crippen LogP contribution in [0.1, 0.15) is 226 Å². The molecule has 0 radical (unpaired) electrons. The summed E-state index contributed by atoms with van der Waals surface area (Å²) in [6, 6.07) is 0. The second-order valence-corrected chi connectivity index (χ2v) is 16.0. The molecule has 0 bridgehead atoms. The van der Waals surface area contributed by atoms with Crippen LogP contribution >= 0.6 is 0 Å². The highest BCUT2D eigenvalue weighted by molar-refractivity contribution is 5.71. The van der Waals surface area contributed by atoms with Crippen LogP contribution in [-0.2, 0) is 28.6 Å². The molecule has 0 N–H and O–H groups in total. The molecule has 0 heterocycles. The van der Waals surface area contributed by atoms with Crippen molar-refractivity contribution in [1.82, 2.24) is 0 Å². The Kier molecular flexibility index (Phi) is 45.0. The predicted octanol–water partition coefficient (Wildman–Crippen LogP) is 15.9. The van der Waals surface area contributed by atoms with Crippen LogP contribution < -0.4 is 0 Å². The Morgan fingerprint density at radius 2 is 0.661 bits per heavy atom. The largest absolute Gasteiger partial charge is 0.462 e. The number of carbonyl (C=O) groups excluding carboxylic acids is 3. The summed E-state index contributed by atoms with van der Waals surface area (Å²) in [5.41, 5.74) is 0. The van der Waals surface area contributed by atoms with Crippen LogP contribution in [0.3, 0.4) is 0 Å². The number of unbranched alkanes of at least 4 members (excludes halogenated alkanes) is 20. The summed E-state index contributed by atoms with van der Waals surface area (Å²) < 4.78 is 16.7. The molecule has 0 aromatic heterocycles. The highest BCUT2D eigenvalue weighted by Crippen LogP contribution is 2.13. The minimum absolute atomic E-state index is 0.0867. The van der Waals surface area contributed by atoms with E-state index in [0.717, 1.165) is 109 Å². The normalized spacial score (nSPS) is 12.7. The number of ether oxygens (including phenoxy) is 3. The molecule has 0 aliphatic carbocycles. The second-order valence-electron chi connectivity index (χ2n) is 16.0. The minimum Gasteiger partial charge on any atom is -0.462 e. The zero-order chi connectivity index (χ0) is 43.0. The van der Waals surface area contributed by atoms with Crippen LogP contribution in [0.25, 0.3) is 0 Å². The average molecular weight is 823 g/mol. The Morgan fingerprint density at radius 1 is 0.356 bits per heavy atom. The third-order valence-corrected chi connectivity index (χ3v) is 10.2. The smallest absolute Gasteiger partial charge is 0.306 e. The van der Waals surface area contributed by atoms with Gasteiger partial charge < -0.3 is 14.2 Å². The topological polar surface area (TPSA) is 78.9 Å². The molecule has 6 nitrogen and oxygen atoms in total. The molecule has 1 unspecified atom stereocenters. The Morgan fingerprint density at radius 3 is 1.07 bits per heavy atom.